The van der Waals surface area contributed by atoms with E-state index >= 15 is 0 Å². The molecule has 0 amide bonds. The molecule has 23 heavy (non-hydrogen) atoms. The molecule has 0 N–H and O–H groups in total. The smallest absolute Gasteiger partial charge is 0.248 e. The Morgan fingerprint density at radius 3 is 2.43 bits per heavy atom. The molecule has 1 aromatic heterocycles. The zero-order chi connectivity index (χ0) is 16.8. The molecule has 3 rings (SSSR count). The number of piperidine rings is 1. The van der Waals surface area contributed by atoms with Gasteiger partial charge in [0.2, 0.25) is 15.9 Å². The second-order valence-electron chi connectivity index (χ2n) is 6.96. The maximum atomic E-state index is 13.0. The van der Waals surface area contributed by atoms with Crippen molar-refractivity contribution >= 4 is 32.7 Å². The second-order valence-corrected chi connectivity index (χ2v) is 9.24. The summed E-state index contributed by atoms with van der Waals surface area (Å²) < 4.78 is 33.4. The average Bonchev–Trinajstić information content (AvgIpc) is 2.91. The molecule has 0 atom stereocenters. The number of halogens is 1. The van der Waals surface area contributed by atoms with Crippen molar-refractivity contribution in [2.45, 2.75) is 50.3 Å². The summed E-state index contributed by atoms with van der Waals surface area (Å²) in [6.45, 7) is 6.96. The van der Waals surface area contributed by atoms with Crippen molar-refractivity contribution in [3.63, 3.8) is 0 Å². The summed E-state index contributed by atoms with van der Waals surface area (Å²) in [5, 5.41) is 0.180. The Morgan fingerprint density at radius 1 is 1.17 bits per heavy atom. The van der Waals surface area contributed by atoms with Crippen LogP contribution in [-0.2, 0) is 15.4 Å². The van der Waals surface area contributed by atoms with Gasteiger partial charge in [-0.2, -0.15) is 4.31 Å². The number of benzene rings is 1. The molecule has 0 radical (unpaired) electrons. The Labute approximate surface area is 141 Å². The van der Waals surface area contributed by atoms with Gasteiger partial charge in [-0.05, 0) is 25.0 Å². The van der Waals surface area contributed by atoms with Crippen molar-refractivity contribution < 1.29 is 12.8 Å². The van der Waals surface area contributed by atoms with Gasteiger partial charge in [0.25, 0.3) is 0 Å². The molecule has 2 aromatic rings. The fraction of sp³-hybridized carbons (Fsp3) is 0.562. The molecule has 0 bridgehead atoms. The summed E-state index contributed by atoms with van der Waals surface area (Å²) in [4.78, 5) is 4.48. The van der Waals surface area contributed by atoms with E-state index in [2.05, 4.69) is 4.98 Å². The lowest BCUT2D eigenvalue weighted by molar-refractivity contribution is 0.346. The van der Waals surface area contributed by atoms with Crippen LogP contribution in [0, 0.1) is 0 Å². The lowest BCUT2D eigenvalue weighted by Crippen LogP contribution is -2.35. The van der Waals surface area contributed by atoms with Crippen molar-refractivity contribution in [1.29, 1.82) is 0 Å². The molecule has 5 nitrogen and oxygen atoms in total. The van der Waals surface area contributed by atoms with Crippen LogP contribution in [-0.4, -0.2) is 30.8 Å². The number of aromatic nitrogens is 1. The number of hydrogen-bond acceptors (Lipinski definition) is 4. The molecular weight excluding hydrogens is 336 g/mol. The fourth-order valence-electron chi connectivity index (χ4n) is 2.74. The Kier molecular flexibility index (Phi) is 4.19. The molecule has 0 spiro atoms. The first-order valence-electron chi connectivity index (χ1n) is 7.81. The Balaban J connectivity index is 2.19. The van der Waals surface area contributed by atoms with Gasteiger partial charge in [-0.25, -0.2) is 13.4 Å². The van der Waals surface area contributed by atoms with Gasteiger partial charge in [0.1, 0.15) is 10.4 Å². The predicted octanol–water partition coefficient (Wildman–Crippen LogP) is 3.95. The van der Waals surface area contributed by atoms with Crippen LogP contribution in [0.2, 0.25) is 5.02 Å². The van der Waals surface area contributed by atoms with Crippen molar-refractivity contribution in [2.75, 3.05) is 13.1 Å². The van der Waals surface area contributed by atoms with Gasteiger partial charge in [0.15, 0.2) is 5.58 Å². The van der Waals surface area contributed by atoms with Crippen LogP contribution < -0.4 is 0 Å². The van der Waals surface area contributed by atoms with E-state index in [0.29, 0.717) is 24.5 Å². The highest BCUT2D eigenvalue weighted by Crippen LogP contribution is 2.36. The summed E-state index contributed by atoms with van der Waals surface area (Å²) >= 11 is 6.24. The predicted molar refractivity (Wildman–Crippen MR) is 90.3 cm³/mol. The molecule has 0 saturated carbocycles. The van der Waals surface area contributed by atoms with Crippen molar-refractivity contribution in [2.24, 2.45) is 0 Å². The largest absolute Gasteiger partial charge is 0.439 e. The summed E-state index contributed by atoms with van der Waals surface area (Å²) in [5.41, 5.74) is 0.473. The lowest BCUT2D eigenvalue weighted by Gasteiger charge is -2.26. The Morgan fingerprint density at radius 2 is 1.83 bits per heavy atom. The lowest BCUT2D eigenvalue weighted by atomic mass is 9.97. The van der Waals surface area contributed by atoms with Crippen LogP contribution in [0.15, 0.2) is 21.4 Å². The average molecular weight is 357 g/mol. The Bertz CT molecular complexity index is 831. The SMILES string of the molecule is CC(C)(C)c1nc2ccc(Cl)c(S(=O)(=O)N3CCCCC3)c2o1. The third kappa shape index (κ3) is 2.99. The van der Waals surface area contributed by atoms with Crippen molar-refractivity contribution in [1.82, 2.24) is 9.29 Å². The molecule has 1 aromatic carbocycles. The zero-order valence-electron chi connectivity index (χ0n) is 13.6. The van der Waals surface area contributed by atoms with Crippen molar-refractivity contribution in [3.8, 4) is 0 Å². The first-order chi connectivity index (χ1) is 10.7. The quantitative estimate of drug-likeness (QED) is 0.817. The van der Waals surface area contributed by atoms with E-state index in [1.165, 1.54) is 4.31 Å². The summed E-state index contributed by atoms with van der Waals surface area (Å²) in [7, 11) is -3.68. The highest BCUT2D eigenvalue weighted by Gasteiger charge is 2.33. The Hall–Kier alpha value is -1.11. The summed E-state index contributed by atoms with van der Waals surface area (Å²) in [6.07, 6.45) is 2.80. The minimum absolute atomic E-state index is 0.0431. The topological polar surface area (TPSA) is 63.4 Å². The molecule has 126 valence electrons. The molecule has 1 aliphatic heterocycles. The van der Waals surface area contributed by atoms with Gasteiger partial charge in [0.05, 0.1) is 5.02 Å². The normalized spacial score (nSPS) is 17.7. The van der Waals surface area contributed by atoms with E-state index in [1.54, 1.807) is 12.1 Å². The number of fused-ring (bicyclic) bond motifs is 1. The monoisotopic (exact) mass is 356 g/mol. The van der Waals surface area contributed by atoms with Gasteiger partial charge >= 0.3 is 0 Å². The van der Waals surface area contributed by atoms with Gasteiger partial charge < -0.3 is 4.42 Å². The molecule has 0 aliphatic carbocycles. The third-order valence-electron chi connectivity index (χ3n) is 4.02. The van der Waals surface area contributed by atoms with E-state index in [4.69, 9.17) is 16.0 Å². The maximum Gasteiger partial charge on any atom is 0.248 e. The highest BCUT2D eigenvalue weighted by molar-refractivity contribution is 7.89. The zero-order valence-corrected chi connectivity index (χ0v) is 15.2. The first kappa shape index (κ1) is 16.7. The second kappa shape index (κ2) is 5.76. The molecule has 0 unspecified atom stereocenters. The number of oxazole rings is 1. The van der Waals surface area contributed by atoms with E-state index in [-0.39, 0.29) is 20.9 Å². The molecular formula is C16H21ClN2O3S. The van der Waals surface area contributed by atoms with Gasteiger partial charge in [-0.1, -0.05) is 38.8 Å². The number of hydrogen-bond donors (Lipinski definition) is 0. The molecule has 2 heterocycles. The van der Waals surface area contributed by atoms with Crippen molar-refractivity contribution in [3.05, 3.63) is 23.0 Å². The fourth-order valence-corrected chi connectivity index (χ4v) is 4.87. The summed E-state index contributed by atoms with van der Waals surface area (Å²) in [5.74, 6) is 0.505. The highest BCUT2D eigenvalue weighted by atomic mass is 35.5. The maximum absolute atomic E-state index is 13.0. The van der Waals surface area contributed by atoms with Crippen LogP contribution >= 0.6 is 11.6 Å². The van der Waals surface area contributed by atoms with E-state index < -0.39 is 10.0 Å². The molecule has 1 saturated heterocycles. The van der Waals surface area contributed by atoms with E-state index in [9.17, 15) is 8.42 Å². The van der Waals surface area contributed by atoms with Crippen LogP contribution in [0.3, 0.4) is 0 Å². The van der Waals surface area contributed by atoms with E-state index in [0.717, 1.165) is 19.3 Å². The van der Waals surface area contributed by atoms with Gasteiger partial charge in [0, 0.05) is 18.5 Å². The summed E-state index contributed by atoms with van der Waals surface area (Å²) in [6, 6.07) is 3.28. The van der Waals surface area contributed by atoms with Crippen LogP contribution in [0.4, 0.5) is 0 Å². The molecule has 1 fully saturated rings. The van der Waals surface area contributed by atoms with Gasteiger partial charge in [-0.3, -0.25) is 0 Å². The van der Waals surface area contributed by atoms with Crippen LogP contribution in [0.1, 0.15) is 45.9 Å². The minimum Gasteiger partial charge on any atom is -0.439 e. The minimum atomic E-state index is -3.68. The first-order valence-corrected chi connectivity index (χ1v) is 9.63. The van der Waals surface area contributed by atoms with Crippen LogP contribution in [0.5, 0.6) is 0 Å². The number of rotatable bonds is 2. The number of nitrogens with zero attached hydrogens (tertiary/aromatic N) is 2. The van der Waals surface area contributed by atoms with E-state index in [1.807, 2.05) is 20.8 Å². The molecule has 1 aliphatic rings. The number of sulfonamides is 1. The third-order valence-corrected chi connectivity index (χ3v) is 6.41. The van der Waals surface area contributed by atoms with Gasteiger partial charge in [-0.15, -0.1) is 0 Å². The van der Waals surface area contributed by atoms with Crippen LogP contribution in [0.25, 0.3) is 11.1 Å². The molecule has 7 heteroatoms. The standard InChI is InChI=1S/C16H21ClN2O3S/c1-16(2,3)15-18-12-8-7-11(17)14(13(12)22-15)23(20,21)19-9-5-4-6-10-19/h7-8H,4-6,9-10H2,1-3H3.